The lowest BCUT2D eigenvalue weighted by Crippen LogP contribution is -2.50. The second kappa shape index (κ2) is 7.04. The lowest BCUT2D eigenvalue weighted by Gasteiger charge is -2.37. The highest BCUT2D eigenvalue weighted by molar-refractivity contribution is 5.69. The van der Waals surface area contributed by atoms with E-state index < -0.39 is 5.60 Å². The Morgan fingerprint density at radius 3 is 2.70 bits per heavy atom. The lowest BCUT2D eigenvalue weighted by molar-refractivity contribution is 0.0113. The van der Waals surface area contributed by atoms with Crippen LogP contribution in [0.3, 0.4) is 0 Å². The number of amides is 1. The molecule has 128 valence electrons. The topological polar surface area (TPSA) is 72.9 Å². The minimum absolute atomic E-state index is 0.266. The summed E-state index contributed by atoms with van der Waals surface area (Å²) in [7, 11) is 3.14. The molecule has 0 spiro atoms. The summed E-state index contributed by atoms with van der Waals surface area (Å²) in [6, 6.07) is 1.50. The molecule has 1 aromatic rings. The fourth-order valence-corrected chi connectivity index (χ4v) is 2.59. The van der Waals surface area contributed by atoms with Crippen LogP contribution in [0.1, 0.15) is 32.4 Å². The van der Waals surface area contributed by atoms with Crippen LogP contribution in [0.4, 0.5) is 4.79 Å². The highest BCUT2D eigenvalue weighted by atomic mass is 16.6. The summed E-state index contributed by atoms with van der Waals surface area (Å²) in [5.41, 5.74) is 0.200. The van der Waals surface area contributed by atoms with Crippen molar-refractivity contribution in [3.8, 4) is 11.6 Å². The Bertz CT molecular complexity index is 534. The van der Waals surface area contributed by atoms with Crippen LogP contribution in [0.2, 0.25) is 0 Å². The molecule has 0 aromatic carbocycles. The summed E-state index contributed by atoms with van der Waals surface area (Å²) in [5.74, 6) is 1.09. The number of piperazine rings is 1. The van der Waals surface area contributed by atoms with Crippen LogP contribution in [0.15, 0.2) is 12.3 Å². The third-order valence-electron chi connectivity index (χ3n) is 3.53. The highest BCUT2D eigenvalue weighted by Gasteiger charge is 2.35. The van der Waals surface area contributed by atoms with Gasteiger partial charge in [0.15, 0.2) is 0 Å². The van der Waals surface area contributed by atoms with Crippen LogP contribution in [0.5, 0.6) is 11.6 Å². The molecular formula is C16H25N3O4. The van der Waals surface area contributed by atoms with Crippen molar-refractivity contribution in [3.05, 3.63) is 17.8 Å². The number of hydrogen-bond acceptors (Lipinski definition) is 6. The van der Waals surface area contributed by atoms with Gasteiger partial charge in [0.2, 0.25) is 5.88 Å². The molecule has 0 bridgehead atoms. The fourth-order valence-electron chi connectivity index (χ4n) is 2.59. The van der Waals surface area contributed by atoms with E-state index in [0.717, 1.165) is 5.56 Å². The molecule has 1 aliphatic heterocycles. The molecule has 2 rings (SSSR count). The van der Waals surface area contributed by atoms with Crippen molar-refractivity contribution in [2.45, 2.75) is 32.4 Å². The molecule has 1 aliphatic rings. The number of carbonyl (C=O) groups excluding carboxylic acids is 1. The van der Waals surface area contributed by atoms with Crippen molar-refractivity contribution in [2.24, 2.45) is 0 Å². The third kappa shape index (κ3) is 4.04. The fraction of sp³-hybridized carbons (Fsp3) is 0.625. The number of ether oxygens (including phenoxy) is 3. The SMILES string of the molecule is COc1ccnc(OC)c1C1CNCCN1C(=O)OC(C)(C)C. The first-order chi connectivity index (χ1) is 10.9. The molecule has 1 unspecified atom stereocenters. The van der Waals surface area contributed by atoms with Crippen molar-refractivity contribution in [3.63, 3.8) is 0 Å². The molecule has 2 heterocycles. The Hall–Kier alpha value is -2.02. The van der Waals surface area contributed by atoms with Crippen molar-refractivity contribution in [1.29, 1.82) is 0 Å². The second-order valence-electron chi connectivity index (χ2n) is 6.33. The summed E-state index contributed by atoms with van der Waals surface area (Å²) in [4.78, 5) is 18.5. The third-order valence-corrected chi connectivity index (χ3v) is 3.53. The summed E-state index contributed by atoms with van der Waals surface area (Å²) >= 11 is 0. The van der Waals surface area contributed by atoms with Gasteiger partial charge in [-0.15, -0.1) is 0 Å². The molecule has 0 saturated carbocycles. The molecule has 0 radical (unpaired) electrons. The zero-order chi connectivity index (χ0) is 17.0. The van der Waals surface area contributed by atoms with Crippen LogP contribution in [-0.2, 0) is 4.74 Å². The van der Waals surface area contributed by atoms with Gasteiger partial charge >= 0.3 is 6.09 Å². The van der Waals surface area contributed by atoms with E-state index in [0.29, 0.717) is 31.3 Å². The number of methoxy groups -OCH3 is 2. The summed E-state index contributed by atoms with van der Waals surface area (Å²) in [5, 5.41) is 3.30. The minimum Gasteiger partial charge on any atom is -0.496 e. The Balaban J connectivity index is 2.37. The predicted octanol–water partition coefficient (Wildman–Crippen LogP) is 1.98. The zero-order valence-corrected chi connectivity index (χ0v) is 14.4. The van der Waals surface area contributed by atoms with Crippen LogP contribution < -0.4 is 14.8 Å². The average Bonchev–Trinajstić information content (AvgIpc) is 2.52. The maximum atomic E-state index is 12.6. The highest BCUT2D eigenvalue weighted by Crippen LogP contribution is 2.36. The van der Waals surface area contributed by atoms with E-state index in [1.165, 1.54) is 0 Å². The summed E-state index contributed by atoms with van der Waals surface area (Å²) in [6.45, 7) is 7.40. The number of nitrogens with one attached hydrogen (secondary N) is 1. The van der Waals surface area contributed by atoms with E-state index in [2.05, 4.69) is 10.3 Å². The maximum Gasteiger partial charge on any atom is 0.410 e. The van der Waals surface area contributed by atoms with Crippen LogP contribution in [0, 0.1) is 0 Å². The van der Waals surface area contributed by atoms with Gasteiger partial charge in [-0.2, -0.15) is 0 Å². The summed E-state index contributed by atoms with van der Waals surface area (Å²) in [6.07, 6.45) is 1.27. The van der Waals surface area contributed by atoms with Gasteiger partial charge < -0.3 is 19.5 Å². The first kappa shape index (κ1) is 17.3. The number of hydrogen-bond donors (Lipinski definition) is 1. The van der Waals surface area contributed by atoms with Crippen LogP contribution in [0.25, 0.3) is 0 Å². The number of aromatic nitrogens is 1. The monoisotopic (exact) mass is 323 g/mol. The number of pyridine rings is 1. The Labute approximate surface area is 136 Å². The van der Waals surface area contributed by atoms with Crippen LogP contribution in [-0.4, -0.2) is 55.4 Å². The van der Waals surface area contributed by atoms with E-state index in [1.807, 2.05) is 20.8 Å². The number of rotatable bonds is 3. The van der Waals surface area contributed by atoms with Gasteiger partial charge in [0.25, 0.3) is 0 Å². The molecular weight excluding hydrogens is 298 g/mol. The average molecular weight is 323 g/mol. The second-order valence-corrected chi connectivity index (χ2v) is 6.33. The van der Waals surface area contributed by atoms with Gasteiger partial charge in [-0.3, -0.25) is 4.90 Å². The van der Waals surface area contributed by atoms with Gasteiger partial charge in [-0.1, -0.05) is 0 Å². The maximum absolute atomic E-state index is 12.6. The normalized spacial score (nSPS) is 18.5. The molecule has 1 aromatic heterocycles. The molecule has 1 saturated heterocycles. The zero-order valence-electron chi connectivity index (χ0n) is 14.4. The van der Waals surface area contributed by atoms with E-state index >= 15 is 0 Å². The predicted molar refractivity (Wildman–Crippen MR) is 85.9 cm³/mol. The first-order valence-electron chi connectivity index (χ1n) is 7.64. The van der Waals surface area contributed by atoms with Gasteiger partial charge in [-0.05, 0) is 26.8 Å². The van der Waals surface area contributed by atoms with Gasteiger partial charge in [0.1, 0.15) is 11.4 Å². The summed E-state index contributed by atoms with van der Waals surface area (Å²) < 4.78 is 16.3. The smallest absolute Gasteiger partial charge is 0.410 e. The van der Waals surface area contributed by atoms with E-state index in [9.17, 15) is 4.79 Å². The van der Waals surface area contributed by atoms with Gasteiger partial charge in [0, 0.05) is 25.8 Å². The number of carbonyl (C=O) groups is 1. The van der Waals surface area contributed by atoms with Crippen molar-refractivity contribution < 1.29 is 19.0 Å². The van der Waals surface area contributed by atoms with E-state index in [-0.39, 0.29) is 12.1 Å². The quantitative estimate of drug-likeness (QED) is 0.917. The number of nitrogens with zero attached hydrogens (tertiary/aromatic N) is 2. The molecule has 1 amide bonds. The molecule has 1 atom stereocenters. The molecule has 7 nitrogen and oxygen atoms in total. The molecule has 0 aliphatic carbocycles. The van der Waals surface area contributed by atoms with Crippen molar-refractivity contribution >= 4 is 6.09 Å². The van der Waals surface area contributed by atoms with E-state index in [4.69, 9.17) is 14.2 Å². The van der Waals surface area contributed by atoms with Crippen molar-refractivity contribution in [2.75, 3.05) is 33.9 Å². The molecule has 7 heteroatoms. The Morgan fingerprint density at radius 2 is 2.09 bits per heavy atom. The standard InChI is InChI=1S/C16H25N3O4/c1-16(2,3)23-15(20)19-9-8-17-10-11(19)13-12(21-4)6-7-18-14(13)22-5/h6-7,11,17H,8-10H2,1-5H3. The van der Waals surface area contributed by atoms with E-state index in [1.54, 1.807) is 31.4 Å². The Morgan fingerprint density at radius 1 is 1.35 bits per heavy atom. The van der Waals surface area contributed by atoms with Crippen molar-refractivity contribution in [1.82, 2.24) is 15.2 Å². The lowest BCUT2D eigenvalue weighted by atomic mass is 10.0. The molecule has 1 N–H and O–H groups in total. The van der Waals surface area contributed by atoms with Crippen LogP contribution >= 0.6 is 0 Å². The molecule has 1 fully saturated rings. The first-order valence-corrected chi connectivity index (χ1v) is 7.64. The minimum atomic E-state index is -0.546. The van der Waals surface area contributed by atoms with Gasteiger partial charge in [-0.25, -0.2) is 9.78 Å². The molecule has 23 heavy (non-hydrogen) atoms. The Kier molecular flexibility index (Phi) is 5.30. The van der Waals surface area contributed by atoms with Gasteiger partial charge in [0.05, 0.1) is 25.8 Å². The largest absolute Gasteiger partial charge is 0.496 e.